The maximum atomic E-state index is 14.9. The average Bonchev–Trinajstić information content (AvgIpc) is 2.92. The zero-order valence-corrected chi connectivity index (χ0v) is 15.2. The van der Waals surface area contributed by atoms with Gasteiger partial charge in [-0.1, -0.05) is 19.9 Å². The fourth-order valence-electron chi connectivity index (χ4n) is 4.43. The molecule has 2 aromatic heterocycles. The zero-order chi connectivity index (χ0) is 19.6. The summed E-state index contributed by atoms with van der Waals surface area (Å²) < 4.78 is 44.6. The monoisotopic (exact) mass is 376 g/mol. The summed E-state index contributed by atoms with van der Waals surface area (Å²) in [4.78, 5) is 17.0. The molecule has 1 aliphatic carbocycles. The standard InChI is InChI=1S/C19H19F3N4O/c1-10-14-16(26-25-10)24-12-7-17(2,3)8-13(27)15(12)18(14,19(20,21)22)11-5-4-6-23-9-11/h4-6,9H,7-8H2,1-3H3,(H2,24,25,26). The van der Waals surface area contributed by atoms with Gasteiger partial charge in [-0.2, -0.15) is 18.3 Å². The maximum absolute atomic E-state index is 14.9. The number of anilines is 1. The van der Waals surface area contributed by atoms with E-state index in [1.165, 1.54) is 31.5 Å². The van der Waals surface area contributed by atoms with Gasteiger partial charge in [0.15, 0.2) is 17.0 Å². The molecule has 5 nitrogen and oxygen atoms in total. The van der Waals surface area contributed by atoms with Crippen molar-refractivity contribution in [3.8, 4) is 0 Å². The molecular formula is C19H19F3N4O. The van der Waals surface area contributed by atoms with E-state index in [-0.39, 0.29) is 40.3 Å². The number of H-pyrrole nitrogens is 1. The molecule has 2 aliphatic rings. The first kappa shape index (κ1) is 17.8. The molecule has 1 aliphatic heterocycles. The van der Waals surface area contributed by atoms with Crippen molar-refractivity contribution < 1.29 is 18.0 Å². The zero-order valence-electron chi connectivity index (χ0n) is 15.2. The molecule has 1 unspecified atom stereocenters. The van der Waals surface area contributed by atoms with Crippen molar-refractivity contribution in [3.63, 3.8) is 0 Å². The smallest absolute Gasteiger partial charge is 0.342 e. The van der Waals surface area contributed by atoms with E-state index >= 15 is 0 Å². The molecule has 0 radical (unpaired) electrons. The number of rotatable bonds is 1. The second-order valence-electron chi connectivity index (χ2n) is 7.98. The molecule has 0 spiro atoms. The van der Waals surface area contributed by atoms with E-state index in [0.29, 0.717) is 6.42 Å². The van der Waals surface area contributed by atoms with E-state index < -0.39 is 22.8 Å². The second-order valence-corrected chi connectivity index (χ2v) is 7.98. The lowest BCUT2D eigenvalue weighted by molar-refractivity contribution is -0.171. The number of pyridine rings is 1. The van der Waals surface area contributed by atoms with Gasteiger partial charge in [0.05, 0.1) is 0 Å². The van der Waals surface area contributed by atoms with Gasteiger partial charge < -0.3 is 5.32 Å². The van der Waals surface area contributed by atoms with Gasteiger partial charge in [0.2, 0.25) is 0 Å². The number of fused-ring (bicyclic) bond motifs is 1. The van der Waals surface area contributed by atoms with Crippen molar-refractivity contribution in [1.82, 2.24) is 15.2 Å². The van der Waals surface area contributed by atoms with Crippen molar-refractivity contribution in [2.45, 2.75) is 45.2 Å². The fraction of sp³-hybridized carbons (Fsp3) is 0.421. The quantitative estimate of drug-likeness (QED) is 0.788. The highest BCUT2D eigenvalue weighted by atomic mass is 19.4. The molecule has 0 bridgehead atoms. The largest absolute Gasteiger partial charge is 0.406 e. The van der Waals surface area contributed by atoms with Gasteiger partial charge in [0.25, 0.3) is 0 Å². The Bertz CT molecular complexity index is 959. The number of Topliss-reactive ketones (excluding diaryl/α,β-unsaturated/α-hetero) is 1. The normalized spacial score (nSPS) is 24.3. The molecule has 0 aromatic carbocycles. The molecule has 0 saturated carbocycles. The van der Waals surface area contributed by atoms with Gasteiger partial charge in [-0.05, 0) is 30.4 Å². The van der Waals surface area contributed by atoms with Crippen LogP contribution in [0.15, 0.2) is 35.8 Å². The summed E-state index contributed by atoms with van der Waals surface area (Å²) >= 11 is 0. The first-order valence-electron chi connectivity index (χ1n) is 8.64. The van der Waals surface area contributed by atoms with Crippen LogP contribution in [-0.4, -0.2) is 27.1 Å². The number of hydrogen-bond acceptors (Lipinski definition) is 4. The number of carbonyl (C=O) groups excluding carboxylic acids is 1. The maximum Gasteiger partial charge on any atom is 0.406 e. The first-order valence-corrected chi connectivity index (χ1v) is 8.64. The van der Waals surface area contributed by atoms with Gasteiger partial charge in [-0.25, -0.2) is 0 Å². The minimum atomic E-state index is -4.75. The van der Waals surface area contributed by atoms with Crippen LogP contribution in [0.4, 0.5) is 19.0 Å². The highest BCUT2D eigenvalue weighted by Crippen LogP contribution is 2.59. The van der Waals surface area contributed by atoms with Crippen LogP contribution < -0.4 is 5.32 Å². The molecule has 2 aromatic rings. The van der Waals surface area contributed by atoms with E-state index in [0.717, 1.165) is 0 Å². The third kappa shape index (κ3) is 2.35. The summed E-state index contributed by atoms with van der Waals surface area (Å²) in [6.45, 7) is 5.29. The average molecular weight is 376 g/mol. The number of halogens is 3. The molecule has 142 valence electrons. The van der Waals surface area contributed by atoms with E-state index in [1.54, 1.807) is 0 Å². The summed E-state index contributed by atoms with van der Waals surface area (Å²) in [5, 5.41) is 9.70. The highest BCUT2D eigenvalue weighted by Gasteiger charge is 2.66. The third-order valence-corrected chi connectivity index (χ3v) is 5.36. The predicted molar refractivity (Wildman–Crippen MR) is 93.1 cm³/mol. The highest BCUT2D eigenvalue weighted by molar-refractivity contribution is 6.03. The Kier molecular flexibility index (Phi) is 3.57. The van der Waals surface area contributed by atoms with Crippen molar-refractivity contribution >= 4 is 11.6 Å². The van der Waals surface area contributed by atoms with Gasteiger partial charge in [-0.15, -0.1) is 0 Å². The Labute approximate surface area is 154 Å². The van der Waals surface area contributed by atoms with Crippen LogP contribution in [0.2, 0.25) is 0 Å². The lowest BCUT2D eigenvalue weighted by atomic mass is 9.60. The fourth-order valence-corrected chi connectivity index (χ4v) is 4.43. The number of aromatic nitrogens is 3. The number of carbonyl (C=O) groups is 1. The molecule has 0 saturated heterocycles. The van der Waals surface area contributed by atoms with Crippen LogP contribution in [0.3, 0.4) is 0 Å². The molecular weight excluding hydrogens is 357 g/mol. The van der Waals surface area contributed by atoms with Gasteiger partial charge >= 0.3 is 6.18 Å². The SMILES string of the molecule is Cc1[nH]nc2c1C(c1cccnc1)(C(F)(F)F)C1=C(CC(C)(C)CC1=O)N2. The lowest BCUT2D eigenvalue weighted by Crippen LogP contribution is -2.52. The Balaban J connectivity index is 2.15. The number of aromatic amines is 1. The Hall–Kier alpha value is -2.64. The van der Waals surface area contributed by atoms with Crippen LogP contribution >= 0.6 is 0 Å². The second kappa shape index (κ2) is 5.43. The molecule has 27 heavy (non-hydrogen) atoms. The summed E-state index contributed by atoms with van der Waals surface area (Å²) in [6.07, 6.45) is -1.76. The van der Waals surface area contributed by atoms with Gasteiger partial charge in [-0.3, -0.25) is 14.9 Å². The Morgan fingerprint density at radius 2 is 1.96 bits per heavy atom. The number of aryl methyl sites for hydroxylation is 1. The number of nitrogens with zero attached hydrogens (tertiary/aromatic N) is 2. The molecule has 0 fully saturated rings. The number of alkyl halides is 3. The number of nitrogens with one attached hydrogen (secondary N) is 2. The van der Waals surface area contributed by atoms with E-state index in [4.69, 9.17) is 0 Å². The van der Waals surface area contributed by atoms with Crippen LogP contribution in [0.5, 0.6) is 0 Å². The minimum absolute atomic E-state index is 0.0534. The summed E-state index contributed by atoms with van der Waals surface area (Å²) in [5.41, 5.74) is -2.85. The van der Waals surface area contributed by atoms with Crippen LogP contribution in [-0.2, 0) is 10.2 Å². The minimum Gasteiger partial charge on any atom is -0.342 e. The molecule has 2 N–H and O–H groups in total. The van der Waals surface area contributed by atoms with E-state index in [1.807, 2.05) is 13.8 Å². The predicted octanol–water partition coefficient (Wildman–Crippen LogP) is 4.03. The number of hydrogen-bond donors (Lipinski definition) is 2. The van der Waals surface area contributed by atoms with Crippen LogP contribution in [0.1, 0.15) is 43.5 Å². The Morgan fingerprint density at radius 3 is 2.59 bits per heavy atom. The molecule has 4 rings (SSSR count). The van der Waals surface area contributed by atoms with E-state index in [2.05, 4.69) is 20.5 Å². The summed E-state index contributed by atoms with van der Waals surface area (Å²) in [6, 6.07) is 2.83. The van der Waals surface area contributed by atoms with Crippen molar-refractivity contribution in [3.05, 3.63) is 52.6 Å². The molecule has 0 amide bonds. The van der Waals surface area contributed by atoms with Crippen LogP contribution in [0, 0.1) is 12.3 Å². The Morgan fingerprint density at radius 1 is 1.22 bits per heavy atom. The van der Waals surface area contributed by atoms with Crippen molar-refractivity contribution in [2.24, 2.45) is 5.41 Å². The number of allylic oxidation sites excluding steroid dienone is 2. The topological polar surface area (TPSA) is 70.7 Å². The van der Waals surface area contributed by atoms with Crippen LogP contribution in [0.25, 0.3) is 0 Å². The lowest BCUT2D eigenvalue weighted by Gasteiger charge is -2.45. The summed E-state index contributed by atoms with van der Waals surface area (Å²) in [5.74, 6) is -0.390. The third-order valence-electron chi connectivity index (χ3n) is 5.36. The van der Waals surface area contributed by atoms with Gasteiger partial charge in [0.1, 0.15) is 0 Å². The number of ketones is 1. The van der Waals surface area contributed by atoms with E-state index in [9.17, 15) is 18.0 Å². The molecule has 1 atom stereocenters. The van der Waals surface area contributed by atoms with Crippen molar-refractivity contribution in [2.75, 3.05) is 5.32 Å². The van der Waals surface area contributed by atoms with Crippen molar-refractivity contribution in [1.29, 1.82) is 0 Å². The molecule has 3 heterocycles. The van der Waals surface area contributed by atoms with Gasteiger partial charge in [0, 0.05) is 41.3 Å². The summed E-state index contributed by atoms with van der Waals surface area (Å²) in [7, 11) is 0. The molecule has 8 heteroatoms. The first-order chi connectivity index (χ1) is 12.6.